The van der Waals surface area contributed by atoms with Crippen molar-refractivity contribution in [3.05, 3.63) is 0 Å². The van der Waals surface area contributed by atoms with Crippen LogP contribution in [0.5, 0.6) is 0 Å². The van der Waals surface area contributed by atoms with Gasteiger partial charge in [0.2, 0.25) is 0 Å². The molecule has 17 nitrogen and oxygen atoms in total. The van der Waals surface area contributed by atoms with E-state index in [0.29, 0.717) is 31.6 Å². The van der Waals surface area contributed by atoms with Gasteiger partial charge < -0.3 is 33.8 Å². The van der Waals surface area contributed by atoms with Gasteiger partial charge in [-0.1, -0.05) is 324 Å². The number of phosphoric ester groups is 2. The minimum Gasteiger partial charge on any atom is -0.462 e. The molecular formula is C73H142O17P2. The molecule has 0 rings (SSSR count). The van der Waals surface area contributed by atoms with Crippen LogP contribution in [0.3, 0.4) is 0 Å². The van der Waals surface area contributed by atoms with Gasteiger partial charge in [-0.15, -0.1) is 0 Å². The van der Waals surface area contributed by atoms with Crippen LogP contribution in [0, 0.1) is 11.8 Å². The van der Waals surface area contributed by atoms with E-state index in [-0.39, 0.29) is 25.7 Å². The number of carbonyl (C=O) groups is 4. The molecule has 546 valence electrons. The summed E-state index contributed by atoms with van der Waals surface area (Å²) in [5.74, 6) is -0.656. The van der Waals surface area contributed by atoms with E-state index >= 15 is 0 Å². The van der Waals surface area contributed by atoms with Gasteiger partial charge >= 0.3 is 39.5 Å². The second-order valence-corrected chi connectivity index (χ2v) is 30.2. The number of aliphatic hydroxyl groups is 1. The summed E-state index contributed by atoms with van der Waals surface area (Å²) in [6.07, 6.45) is 51.4. The summed E-state index contributed by atoms with van der Waals surface area (Å²) in [6, 6.07) is 0. The van der Waals surface area contributed by atoms with Gasteiger partial charge in [-0.25, -0.2) is 9.13 Å². The first-order valence-electron chi connectivity index (χ1n) is 38.0. The number of ether oxygens (including phenoxy) is 4. The molecule has 19 heteroatoms. The lowest BCUT2D eigenvalue weighted by molar-refractivity contribution is -0.161. The van der Waals surface area contributed by atoms with Crippen molar-refractivity contribution >= 4 is 39.5 Å². The second-order valence-electron chi connectivity index (χ2n) is 27.3. The Balaban J connectivity index is 5.23. The molecule has 0 fully saturated rings. The molecule has 0 spiro atoms. The molecule has 0 aromatic heterocycles. The van der Waals surface area contributed by atoms with E-state index in [0.717, 1.165) is 102 Å². The molecule has 3 N–H and O–H groups in total. The summed E-state index contributed by atoms with van der Waals surface area (Å²) in [4.78, 5) is 72.6. The van der Waals surface area contributed by atoms with E-state index in [1.54, 1.807) is 0 Å². The summed E-state index contributed by atoms with van der Waals surface area (Å²) < 4.78 is 68.4. The number of unbranched alkanes of at least 4 members (excludes halogenated alkanes) is 42. The van der Waals surface area contributed by atoms with E-state index in [4.69, 9.17) is 37.0 Å². The maximum atomic E-state index is 13.1. The highest BCUT2D eigenvalue weighted by Crippen LogP contribution is 2.45. The molecule has 0 aliphatic heterocycles. The lowest BCUT2D eigenvalue weighted by atomic mass is 10.0. The lowest BCUT2D eigenvalue weighted by Crippen LogP contribution is -2.30. The highest BCUT2D eigenvalue weighted by Gasteiger charge is 2.30. The van der Waals surface area contributed by atoms with Crippen LogP contribution in [0.1, 0.15) is 375 Å². The normalized spacial score (nSPS) is 14.1. The van der Waals surface area contributed by atoms with E-state index in [2.05, 4.69) is 41.5 Å². The zero-order chi connectivity index (χ0) is 67.9. The summed E-state index contributed by atoms with van der Waals surface area (Å²) in [5.41, 5.74) is 0. The Bertz CT molecular complexity index is 1790. The predicted octanol–water partition coefficient (Wildman–Crippen LogP) is 21.2. The highest BCUT2D eigenvalue weighted by atomic mass is 31.2. The fourth-order valence-corrected chi connectivity index (χ4v) is 12.7. The van der Waals surface area contributed by atoms with Gasteiger partial charge in [0.15, 0.2) is 12.2 Å². The van der Waals surface area contributed by atoms with Crippen LogP contribution < -0.4 is 0 Å². The minimum atomic E-state index is -4.95. The molecule has 0 saturated carbocycles. The Kier molecular flexibility index (Phi) is 63.7. The van der Waals surface area contributed by atoms with E-state index in [9.17, 15) is 43.2 Å². The average Bonchev–Trinajstić information content (AvgIpc) is 1.78. The molecular weight excluding hydrogens is 1210 g/mol. The van der Waals surface area contributed by atoms with Crippen molar-refractivity contribution < 1.29 is 80.2 Å². The van der Waals surface area contributed by atoms with Crippen LogP contribution >= 0.6 is 15.6 Å². The smallest absolute Gasteiger partial charge is 0.462 e. The monoisotopic (exact) mass is 1350 g/mol. The molecule has 0 bridgehead atoms. The van der Waals surface area contributed by atoms with Gasteiger partial charge in [-0.05, 0) is 37.5 Å². The number of hydrogen-bond acceptors (Lipinski definition) is 15. The number of aliphatic hydroxyl groups excluding tert-OH is 1. The van der Waals surface area contributed by atoms with Crippen LogP contribution in [0.25, 0.3) is 0 Å². The first-order valence-corrected chi connectivity index (χ1v) is 41.0. The summed E-state index contributed by atoms with van der Waals surface area (Å²) in [5, 5.41) is 10.6. The van der Waals surface area contributed by atoms with Gasteiger partial charge in [0, 0.05) is 25.7 Å². The molecule has 0 amide bonds. The average molecular weight is 1350 g/mol. The maximum Gasteiger partial charge on any atom is 0.472 e. The summed E-state index contributed by atoms with van der Waals surface area (Å²) >= 11 is 0. The van der Waals surface area contributed by atoms with Gasteiger partial charge in [-0.3, -0.25) is 37.3 Å². The Morgan fingerprint density at radius 2 is 0.500 bits per heavy atom. The molecule has 0 heterocycles. The Hall–Kier alpha value is -1.94. The molecule has 0 aromatic carbocycles. The van der Waals surface area contributed by atoms with E-state index in [1.165, 1.54) is 186 Å². The Labute approximate surface area is 562 Å². The number of hydrogen-bond donors (Lipinski definition) is 3. The molecule has 2 unspecified atom stereocenters. The molecule has 92 heavy (non-hydrogen) atoms. The molecule has 0 aliphatic carbocycles. The van der Waals surface area contributed by atoms with Crippen molar-refractivity contribution in [3.63, 3.8) is 0 Å². The van der Waals surface area contributed by atoms with Crippen LogP contribution in [0.4, 0.5) is 0 Å². The third-order valence-corrected chi connectivity index (χ3v) is 18.9. The van der Waals surface area contributed by atoms with Crippen molar-refractivity contribution in [3.8, 4) is 0 Å². The van der Waals surface area contributed by atoms with Crippen molar-refractivity contribution in [1.82, 2.24) is 0 Å². The van der Waals surface area contributed by atoms with E-state index < -0.39 is 97.5 Å². The fraction of sp³-hybridized carbons (Fsp3) is 0.945. The summed E-state index contributed by atoms with van der Waals surface area (Å²) in [6.45, 7) is 9.51. The van der Waals surface area contributed by atoms with Gasteiger partial charge in [0.05, 0.1) is 26.4 Å². The maximum absolute atomic E-state index is 13.1. The van der Waals surface area contributed by atoms with Crippen molar-refractivity contribution in [2.45, 2.75) is 394 Å². The van der Waals surface area contributed by atoms with Gasteiger partial charge in [-0.2, -0.15) is 0 Å². The quantitative estimate of drug-likeness (QED) is 0.0222. The minimum absolute atomic E-state index is 0.106. The van der Waals surface area contributed by atoms with Crippen molar-refractivity contribution in [1.29, 1.82) is 0 Å². The number of esters is 4. The number of carbonyl (C=O) groups excluding carboxylic acids is 4. The predicted molar refractivity (Wildman–Crippen MR) is 372 cm³/mol. The number of rotatable bonds is 72. The van der Waals surface area contributed by atoms with E-state index in [1.807, 2.05) is 0 Å². The Morgan fingerprint density at radius 1 is 0.293 bits per heavy atom. The molecule has 0 saturated heterocycles. The zero-order valence-electron chi connectivity index (χ0n) is 59.9. The van der Waals surface area contributed by atoms with Crippen LogP contribution in [-0.4, -0.2) is 96.7 Å². The molecule has 0 aromatic rings. The number of phosphoric acid groups is 2. The fourth-order valence-electron chi connectivity index (χ4n) is 11.1. The zero-order valence-corrected chi connectivity index (χ0v) is 61.6. The standard InChI is InChI=1S/C73H142O17P2/c1-7-9-11-13-15-17-19-20-21-22-23-24-25-27-33-39-46-52-58-73(78)89-68(61-83-70(75)55-49-43-37-31-29-28-30-35-41-47-53-65(3)4)63-87-91(79,80)85-59-67(74)60-86-92(81,82)88-64-69(62-84-71(76)56-50-44-40-34-36-42-48-54-66(5)6)90-72(77)57-51-45-38-32-26-18-16-14-12-10-8-2/h65-69,74H,7-64H2,1-6H3,(H,79,80)(H,81,82)/t67-,68-,69-/m1/s1. The van der Waals surface area contributed by atoms with Gasteiger partial charge in [0.1, 0.15) is 19.3 Å². The molecule has 0 radical (unpaired) electrons. The summed E-state index contributed by atoms with van der Waals surface area (Å²) in [7, 11) is -9.90. The third-order valence-electron chi connectivity index (χ3n) is 17.0. The second kappa shape index (κ2) is 65.0. The highest BCUT2D eigenvalue weighted by molar-refractivity contribution is 7.47. The lowest BCUT2D eigenvalue weighted by Gasteiger charge is -2.21. The first-order chi connectivity index (χ1) is 44.4. The van der Waals surface area contributed by atoms with Crippen molar-refractivity contribution in [2.75, 3.05) is 39.6 Å². The van der Waals surface area contributed by atoms with Crippen LogP contribution in [-0.2, 0) is 65.4 Å². The largest absolute Gasteiger partial charge is 0.472 e. The molecule has 5 atom stereocenters. The first kappa shape index (κ1) is 90.1. The topological polar surface area (TPSA) is 237 Å². The SMILES string of the molecule is CCCCCCCCCCCCCCCCCCCCC(=O)O[C@H](COC(=O)CCCCCCCCCCCCC(C)C)COP(=O)(O)OC[C@@H](O)COP(=O)(O)OC[C@@H](COC(=O)CCCCCCCCCC(C)C)OC(=O)CCCCCCCCCCCCC. The van der Waals surface area contributed by atoms with Gasteiger partial charge in [0.25, 0.3) is 0 Å². The third kappa shape index (κ3) is 66.7. The Morgan fingerprint density at radius 3 is 0.739 bits per heavy atom. The molecule has 0 aliphatic rings. The van der Waals surface area contributed by atoms with Crippen LogP contribution in [0.15, 0.2) is 0 Å². The van der Waals surface area contributed by atoms with Crippen molar-refractivity contribution in [2.24, 2.45) is 11.8 Å². The van der Waals surface area contributed by atoms with Crippen LogP contribution in [0.2, 0.25) is 0 Å².